The monoisotopic (exact) mass is 194 g/mol. The van der Waals surface area contributed by atoms with Gasteiger partial charge in [0.25, 0.3) is 0 Å². The maximum absolute atomic E-state index is 5.54. The molecule has 1 unspecified atom stereocenters. The first-order valence-corrected chi connectivity index (χ1v) is 5.45. The average Bonchev–Trinajstić information content (AvgIpc) is 2.78. The molecule has 0 amide bonds. The van der Waals surface area contributed by atoms with Crippen LogP contribution in [0.3, 0.4) is 0 Å². The Bertz CT molecular complexity index is 300. The van der Waals surface area contributed by atoms with Crippen molar-refractivity contribution in [2.75, 3.05) is 13.1 Å². The number of nitrogens with zero attached hydrogens (tertiary/aromatic N) is 1. The second kappa shape index (κ2) is 4.13. The quantitative estimate of drug-likeness (QED) is 0.795. The fourth-order valence-electron chi connectivity index (χ4n) is 1.99. The van der Waals surface area contributed by atoms with E-state index in [2.05, 4.69) is 17.2 Å². The standard InChI is InChI=1S/C11H18N2O/c1-3-11-13-10(8(2)14-11)6-9-4-5-12-7-9/h9,12H,3-7H2,1-2H3. The molecule has 3 nitrogen and oxygen atoms in total. The molecule has 78 valence electrons. The molecule has 2 heterocycles. The van der Waals surface area contributed by atoms with E-state index in [1.54, 1.807) is 0 Å². The lowest BCUT2D eigenvalue weighted by Gasteiger charge is -2.04. The van der Waals surface area contributed by atoms with Gasteiger partial charge in [0.15, 0.2) is 5.89 Å². The van der Waals surface area contributed by atoms with Gasteiger partial charge in [-0.1, -0.05) is 6.92 Å². The zero-order chi connectivity index (χ0) is 9.97. The van der Waals surface area contributed by atoms with Crippen molar-refractivity contribution in [3.05, 3.63) is 17.3 Å². The minimum atomic E-state index is 0.753. The van der Waals surface area contributed by atoms with Gasteiger partial charge >= 0.3 is 0 Å². The first-order chi connectivity index (χ1) is 6.79. The summed E-state index contributed by atoms with van der Waals surface area (Å²) in [5, 5.41) is 3.37. The highest BCUT2D eigenvalue weighted by Crippen LogP contribution is 2.18. The molecule has 2 rings (SSSR count). The van der Waals surface area contributed by atoms with Gasteiger partial charge in [0.05, 0.1) is 5.69 Å². The summed E-state index contributed by atoms with van der Waals surface area (Å²) in [6.07, 6.45) is 3.24. The van der Waals surface area contributed by atoms with Crippen LogP contribution in [-0.4, -0.2) is 18.1 Å². The van der Waals surface area contributed by atoms with Gasteiger partial charge in [0.2, 0.25) is 0 Å². The van der Waals surface area contributed by atoms with E-state index in [9.17, 15) is 0 Å². The summed E-state index contributed by atoms with van der Waals surface area (Å²) in [6.45, 7) is 6.38. The minimum absolute atomic E-state index is 0.753. The highest BCUT2D eigenvalue weighted by Gasteiger charge is 2.18. The number of rotatable bonds is 3. The van der Waals surface area contributed by atoms with Crippen molar-refractivity contribution in [1.82, 2.24) is 10.3 Å². The maximum atomic E-state index is 5.54. The van der Waals surface area contributed by atoms with Crippen LogP contribution < -0.4 is 5.32 Å². The Labute approximate surface area is 84.9 Å². The first kappa shape index (κ1) is 9.71. The van der Waals surface area contributed by atoms with Gasteiger partial charge in [-0.05, 0) is 38.8 Å². The smallest absolute Gasteiger partial charge is 0.194 e. The maximum Gasteiger partial charge on any atom is 0.194 e. The third kappa shape index (κ3) is 1.98. The number of nitrogens with one attached hydrogen (secondary N) is 1. The van der Waals surface area contributed by atoms with E-state index in [1.807, 2.05) is 6.92 Å². The highest BCUT2D eigenvalue weighted by molar-refractivity contribution is 5.09. The molecule has 3 heteroatoms. The van der Waals surface area contributed by atoms with Crippen molar-refractivity contribution < 1.29 is 4.42 Å². The summed E-state index contributed by atoms with van der Waals surface area (Å²) in [5.41, 5.74) is 1.16. The van der Waals surface area contributed by atoms with Gasteiger partial charge in [0.1, 0.15) is 5.76 Å². The van der Waals surface area contributed by atoms with E-state index in [-0.39, 0.29) is 0 Å². The molecule has 0 aliphatic carbocycles. The van der Waals surface area contributed by atoms with Crippen molar-refractivity contribution in [2.24, 2.45) is 5.92 Å². The zero-order valence-corrected chi connectivity index (χ0v) is 8.97. The van der Waals surface area contributed by atoms with E-state index in [0.29, 0.717) is 0 Å². The average molecular weight is 194 g/mol. The number of hydrogen-bond donors (Lipinski definition) is 1. The fraction of sp³-hybridized carbons (Fsp3) is 0.727. The van der Waals surface area contributed by atoms with Crippen LogP contribution in [0, 0.1) is 12.8 Å². The van der Waals surface area contributed by atoms with Crippen molar-refractivity contribution in [3.63, 3.8) is 0 Å². The fourth-order valence-corrected chi connectivity index (χ4v) is 1.99. The third-order valence-corrected chi connectivity index (χ3v) is 2.88. The van der Waals surface area contributed by atoms with Crippen molar-refractivity contribution in [2.45, 2.75) is 33.1 Å². The minimum Gasteiger partial charge on any atom is -0.446 e. The SMILES string of the molecule is CCc1nc(CC2CCNC2)c(C)o1. The van der Waals surface area contributed by atoms with Crippen molar-refractivity contribution >= 4 is 0 Å². The third-order valence-electron chi connectivity index (χ3n) is 2.88. The van der Waals surface area contributed by atoms with E-state index < -0.39 is 0 Å². The summed E-state index contributed by atoms with van der Waals surface area (Å²) in [5.74, 6) is 2.64. The van der Waals surface area contributed by atoms with Gasteiger partial charge in [-0.25, -0.2) is 4.98 Å². The molecule has 1 aromatic heterocycles. The van der Waals surface area contributed by atoms with Crippen LogP contribution in [0.4, 0.5) is 0 Å². The van der Waals surface area contributed by atoms with E-state index in [4.69, 9.17) is 4.42 Å². The molecule has 1 aromatic rings. The lowest BCUT2D eigenvalue weighted by atomic mass is 10.0. The van der Waals surface area contributed by atoms with Crippen LogP contribution in [0.1, 0.15) is 30.7 Å². The molecule has 0 bridgehead atoms. The van der Waals surface area contributed by atoms with Gasteiger partial charge in [-0.3, -0.25) is 0 Å². The number of hydrogen-bond acceptors (Lipinski definition) is 3. The molecular weight excluding hydrogens is 176 g/mol. The van der Waals surface area contributed by atoms with Crippen LogP contribution in [0.15, 0.2) is 4.42 Å². The topological polar surface area (TPSA) is 38.1 Å². The first-order valence-electron chi connectivity index (χ1n) is 5.45. The molecule has 1 atom stereocenters. The summed E-state index contributed by atoms with van der Waals surface area (Å²) >= 11 is 0. The molecular formula is C11H18N2O. The molecule has 0 saturated carbocycles. The molecule has 0 spiro atoms. The van der Waals surface area contributed by atoms with Crippen molar-refractivity contribution in [1.29, 1.82) is 0 Å². The number of oxazole rings is 1. The molecule has 0 aromatic carbocycles. The predicted molar refractivity (Wildman–Crippen MR) is 55.3 cm³/mol. The lowest BCUT2D eigenvalue weighted by molar-refractivity contribution is 0.474. The van der Waals surface area contributed by atoms with Crippen LogP contribution in [0.25, 0.3) is 0 Å². The summed E-state index contributed by atoms with van der Waals surface area (Å²) in [7, 11) is 0. The second-order valence-corrected chi connectivity index (χ2v) is 4.03. The Morgan fingerprint density at radius 2 is 2.43 bits per heavy atom. The molecule has 1 N–H and O–H groups in total. The van der Waals surface area contributed by atoms with Gasteiger partial charge in [-0.15, -0.1) is 0 Å². The molecule has 1 fully saturated rings. The Morgan fingerprint density at radius 3 is 3.00 bits per heavy atom. The van der Waals surface area contributed by atoms with E-state index in [0.717, 1.165) is 49.2 Å². The van der Waals surface area contributed by atoms with Crippen molar-refractivity contribution in [3.8, 4) is 0 Å². The van der Waals surface area contributed by atoms with Crippen LogP contribution in [-0.2, 0) is 12.8 Å². The molecule has 1 saturated heterocycles. The lowest BCUT2D eigenvalue weighted by Crippen LogP contribution is -2.11. The van der Waals surface area contributed by atoms with Crippen LogP contribution in [0.5, 0.6) is 0 Å². The molecule has 0 radical (unpaired) electrons. The van der Waals surface area contributed by atoms with E-state index >= 15 is 0 Å². The molecule has 14 heavy (non-hydrogen) atoms. The normalized spacial score (nSPS) is 21.7. The van der Waals surface area contributed by atoms with E-state index in [1.165, 1.54) is 6.42 Å². The van der Waals surface area contributed by atoms with Gasteiger partial charge < -0.3 is 9.73 Å². The Kier molecular flexibility index (Phi) is 2.87. The predicted octanol–water partition coefficient (Wildman–Crippen LogP) is 1.70. The Hall–Kier alpha value is -0.830. The molecule has 1 aliphatic rings. The summed E-state index contributed by atoms with van der Waals surface area (Å²) in [4.78, 5) is 4.50. The van der Waals surface area contributed by atoms with Gasteiger partial charge in [0, 0.05) is 6.42 Å². The second-order valence-electron chi connectivity index (χ2n) is 4.03. The summed E-state index contributed by atoms with van der Waals surface area (Å²) in [6, 6.07) is 0. The molecule has 1 aliphatic heterocycles. The largest absolute Gasteiger partial charge is 0.446 e. The van der Waals surface area contributed by atoms with Crippen LogP contribution >= 0.6 is 0 Å². The zero-order valence-electron chi connectivity index (χ0n) is 8.97. The number of aromatic nitrogens is 1. The Morgan fingerprint density at radius 1 is 1.57 bits per heavy atom. The number of aryl methyl sites for hydroxylation is 2. The van der Waals surface area contributed by atoms with Gasteiger partial charge in [-0.2, -0.15) is 0 Å². The highest BCUT2D eigenvalue weighted by atomic mass is 16.4. The summed E-state index contributed by atoms with van der Waals surface area (Å²) < 4.78 is 5.54. The van der Waals surface area contributed by atoms with Crippen LogP contribution in [0.2, 0.25) is 0 Å². The Balaban J connectivity index is 2.03.